The first-order chi connectivity index (χ1) is 10.1. The normalized spacial score (nSPS) is 28.7. The summed E-state index contributed by atoms with van der Waals surface area (Å²) >= 11 is 0. The van der Waals surface area contributed by atoms with Crippen molar-refractivity contribution in [3.8, 4) is 11.5 Å². The van der Waals surface area contributed by atoms with Crippen LogP contribution in [0, 0.1) is 18.8 Å². The van der Waals surface area contributed by atoms with E-state index >= 15 is 0 Å². The summed E-state index contributed by atoms with van der Waals surface area (Å²) in [5, 5.41) is 3.52. The van der Waals surface area contributed by atoms with Crippen LogP contribution in [0.4, 0.5) is 0 Å². The largest absolute Gasteiger partial charge is 0.493 e. The van der Waals surface area contributed by atoms with Crippen molar-refractivity contribution in [2.75, 3.05) is 33.9 Å². The maximum Gasteiger partial charge on any atom is 0.161 e. The van der Waals surface area contributed by atoms with Crippen molar-refractivity contribution in [3.05, 3.63) is 23.3 Å². The van der Waals surface area contributed by atoms with Crippen molar-refractivity contribution in [1.29, 1.82) is 0 Å². The molecule has 21 heavy (non-hydrogen) atoms. The number of hydrogen-bond acceptors (Lipinski definition) is 4. The minimum absolute atomic E-state index is 0.650. The molecule has 0 radical (unpaired) electrons. The molecule has 2 saturated heterocycles. The number of ether oxygens (including phenoxy) is 2. The molecule has 4 heteroatoms. The summed E-state index contributed by atoms with van der Waals surface area (Å²) in [6, 6.07) is 4.86. The first kappa shape index (κ1) is 14.7. The molecule has 3 atom stereocenters. The van der Waals surface area contributed by atoms with E-state index in [0.717, 1.165) is 29.9 Å². The molecule has 0 spiro atoms. The fourth-order valence-electron chi connectivity index (χ4n) is 3.88. The third-order valence-electron chi connectivity index (χ3n) is 5.27. The van der Waals surface area contributed by atoms with Crippen LogP contribution in [-0.2, 0) is 6.54 Å². The molecule has 0 bridgehead atoms. The average molecular weight is 290 g/mol. The maximum atomic E-state index is 5.44. The number of rotatable bonds is 4. The highest BCUT2D eigenvalue weighted by Gasteiger charge is 2.41. The third kappa shape index (κ3) is 2.62. The maximum absolute atomic E-state index is 5.44. The Hall–Kier alpha value is -1.26. The Balaban J connectivity index is 1.79. The van der Waals surface area contributed by atoms with E-state index in [4.69, 9.17) is 9.47 Å². The lowest BCUT2D eigenvalue weighted by Gasteiger charge is -2.25. The Labute approximate surface area is 127 Å². The molecular formula is C17H26N2O2. The minimum Gasteiger partial charge on any atom is -0.493 e. The molecule has 0 aliphatic carbocycles. The first-order valence-electron chi connectivity index (χ1n) is 7.80. The number of benzene rings is 1. The Morgan fingerprint density at radius 1 is 1.19 bits per heavy atom. The van der Waals surface area contributed by atoms with Crippen LogP contribution in [0.15, 0.2) is 12.1 Å². The lowest BCUT2D eigenvalue weighted by Crippen LogP contribution is -2.32. The van der Waals surface area contributed by atoms with Gasteiger partial charge in [0, 0.05) is 19.1 Å². The molecule has 2 fully saturated rings. The van der Waals surface area contributed by atoms with E-state index in [9.17, 15) is 0 Å². The van der Waals surface area contributed by atoms with E-state index in [1.165, 1.54) is 30.8 Å². The fourth-order valence-corrected chi connectivity index (χ4v) is 3.88. The molecule has 116 valence electrons. The van der Waals surface area contributed by atoms with Gasteiger partial charge in [-0.2, -0.15) is 0 Å². The molecule has 3 rings (SSSR count). The SMILES string of the molecule is COc1cc(C)c(CN2CC3CNCC3C2C)cc1OC. The second-order valence-corrected chi connectivity index (χ2v) is 6.39. The summed E-state index contributed by atoms with van der Waals surface area (Å²) in [4.78, 5) is 2.62. The molecule has 2 aliphatic heterocycles. The van der Waals surface area contributed by atoms with Crippen LogP contribution in [-0.4, -0.2) is 44.8 Å². The van der Waals surface area contributed by atoms with Crippen LogP contribution in [0.25, 0.3) is 0 Å². The quantitative estimate of drug-likeness (QED) is 0.920. The summed E-state index contributed by atoms with van der Waals surface area (Å²) in [5.74, 6) is 3.27. The van der Waals surface area contributed by atoms with Gasteiger partial charge in [-0.1, -0.05) is 0 Å². The van der Waals surface area contributed by atoms with E-state index in [-0.39, 0.29) is 0 Å². The van der Waals surface area contributed by atoms with Crippen LogP contribution >= 0.6 is 0 Å². The number of fused-ring (bicyclic) bond motifs is 1. The highest BCUT2D eigenvalue weighted by atomic mass is 16.5. The number of aryl methyl sites for hydroxylation is 1. The minimum atomic E-state index is 0.650. The molecule has 0 saturated carbocycles. The standard InChI is InChI=1S/C17H26N2O2/c1-11-5-16(20-3)17(21-4)6-13(11)9-19-10-14-7-18-8-15(14)12(19)2/h5-6,12,14-15,18H,7-10H2,1-4H3. The number of nitrogens with zero attached hydrogens (tertiary/aromatic N) is 1. The highest BCUT2D eigenvalue weighted by Crippen LogP contribution is 2.35. The molecule has 1 N–H and O–H groups in total. The van der Waals surface area contributed by atoms with Gasteiger partial charge in [0.25, 0.3) is 0 Å². The Morgan fingerprint density at radius 3 is 2.57 bits per heavy atom. The molecule has 0 aromatic heterocycles. The Bertz CT molecular complexity index is 518. The second kappa shape index (κ2) is 5.85. The van der Waals surface area contributed by atoms with Crippen LogP contribution in [0.2, 0.25) is 0 Å². The van der Waals surface area contributed by atoms with Gasteiger partial charge in [0.1, 0.15) is 0 Å². The van der Waals surface area contributed by atoms with E-state index in [2.05, 4.69) is 36.2 Å². The predicted octanol–water partition coefficient (Wildman–Crippen LogP) is 2.05. The van der Waals surface area contributed by atoms with Crippen LogP contribution in [0.5, 0.6) is 11.5 Å². The van der Waals surface area contributed by atoms with E-state index in [0.29, 0.717) is 6.04 Å². The van der Waals surface area contributed by atoms with Gasteiger partial charge in [-0.15, -0.1) is 0 Å². The summed E-state index contributed by atoms with van der Waals surface area (Å²) in [6.45, 7) is 9.07. The Morgan fingerprint density at radius 2 is 1.90 bits per heavy atom. The van der Waals surface area contributed by atoms with Crippen molar-refractivity contribution in [2.24, 2.45) is 11.8 Å². The average Bonchev–Trinajstić information content (AvgIpc) is 3.05. The first-order valence-corrected chi connectivity index (χ1v) is 7.80. The van der Waals surface area contributed by atoms with Crippen LogP contribution in [0.1, 0.15) is 18.1 Å². The summed E-state index contributed by atoms with van der Waals surface area (Å²) in [5.41, 5.74) is 2.61. The van der Waals surface area contributed by atoms with Crippen molar-refractivity contribution in [3.63, 3.8) is 0 Å². The van der Waals surface area contributed by atoms with Gasteiger partial charge in [0.2, 0.25) is 0 Å². The highest BCUT2D eigenvalue weighted by molar-refractivity contribution is 5.47. The van der Waals surface area contributed by atoms with E-state index in [1.54, 1.807) is 14.2 Å². The van der Waals surface area contributed by atoms with Crippen molar-refractivity contribution < 1.29 is 9.47 Å². The lowest BCUT2D eigenvalue weighted by molar-refractivity contribution is 0.230. The van der Waals surface area contributed by atoms with Gasteiger partial charge < -0.3 is 14.8 Å². The number of nitrogens with one attached hydrogen (secondary N) is 1. The number of likely N-dealkylation sites (tertiary alicyclic amines) is 1. The molecule has 1 aromatic rings. The smallest absolute Gasteiger partial charge is 0.161 e. The molecule has 2 heterocycles. The lowest BCUT2D eigenvalue weighted by atomic mass is 9.95. The number of methoxy groups -OCH3 is 2. The molecule has 0 amide bonds. The molecule has 2 aliphatic rings. The van der Waals surface area contributed by atoms with Gasteiger partial charge >= 0.3 is 0 Å². The zero-order valence-corrected chi connectivity index (χ0v) is 13.5. The summed E-state index contributed by atoms with van der Waals surface area (Å²) in [7, 11) is 3.39. The molecule has 4 nitrogen and oxygen atoms in total. The molecular weight excluding hydrogens is 264 g/mol. The monoisotopic (exact) mass is 290 g/mol. The molecule has 3 unspecified atom stereocenters. The van der Waals surface area contributed by atoms with E-state index in [1.807, 2.05) is 0 Å². The second-order valence-electron chi connectivity index (χ2n) is 6.39. The van der Waals surface area contributed by atoms with Gasteiger partial charge in [-0.05, 0) is 62.0 Å². The van der Waals surface area contributed by atoms with Crippen molar-refractivity contribution in [2.45, 2.75) is 26.4 Å². The third-order valence-corrected chi connectivity index (χ3v) is 5.27. The topological polar surface area (TPSA) is 33.7 Å². The zero-order valence-electron chi connectivity index (χ0n) is 13.5. The zero-order chi connectivity index (χ0) is 15.0. The van der Waals surface area contributed by atoms with Gasteiger partial charge in [0.15, 0.2) is 11.5 Å². The van der Waals surface area contributed by atoms with Gasteiger partial charge in [0.05, 0.1) is 14.2 Å². The molecule has 1 aromatic carbocycles. The predicted molar refractivity (Wildman–Crippen MR) is 84.0 cm³/mol. The Kier molecular flexibility index (Phi) is 4.09. The van der Waals surface area contributed by atoms with Crippen molar-refractivity contribution in [1.82, 2.24) is 10.2 Å². The van der Waals surface area contributed by atoms with Crippen LogP contribution in [0.3, 0.4) is 0 Å². The summed E-state index contributed by atoms with van der Waals surface area (Å²) < 4.78 is 10.8. The van der Waals surface area contributed by atoms with Gasteiger partial charge in [-0.25, -0.2) is 0 Å². The van der Waals surface area contributed by atoms with Gasteiger partial charge in [-0.3, -0.25) is 4.90 Å². The number of hydrogen-bond donors (Lipinski definition) is 1. The van der Waals surface area contributed by atoms with Crippen molar-refractivity contribution >= 4 is 0 Å². The summed E-state index contributed by atoms with van der Waals surface area (Å²) in [6.07, 6.45) is 0. The fraction of sp³-hybridized carbons (Fsp3) is 0.647. The van der Waals surface area contributed by atoms with Crippen LogP contribution < -0.4 is 14.8 Å². The van der Waals surface area contributed by atoms with E-state index < -0.39 is 0 Å².